The van der Waals surface area contributed by atoms with Crippen LogP contribution >= 0.6 is 0 Å². The Hall–Kier alpha value is -1.31. The van der Waals surface area contributed by atoms with Gasteiger partial charge in [-0.15, -0.1) is 0 Å². The fourth-order valence-corrected chi connectivity index (χ4v) is 1.39. The Morgan fingerprint density at radius 1 is 1.19 bits per heavy atom. The number of rotatable bonds is 3. The first-order valence-corrected chi connectivity index (χ1v) is 5.70. The van der Waals surface area contributed by atoms with E-state index < -0.39 is 0 Å². The molecule has 0 aliphatic heterocycles. The predicted molar refractivity (Wildman–Crippen MR) is 65.5 cm³/mol. The van der Waals surface area contributed by atoms with Gasteiger partial charge in [-0.25, -0.2) is 0 Å². The van der Waals surface area contributed by atoms with Gasteiger partial charge in [0, 0.05) is 0 Å². The van der Waals surface area contributed by atoms with E-state index in [0.29, 0.717) is 12.2 Å². The number of ether oxygens (including phenoxy) is 1. The fourth-order valence-electron chi connectivity index (χ4n) is 1.39. The number of benzene rings is 1. The molecular weight excluding hydrogens is 200 g/mol. The molecule has 2 nitrogen and oxygen atoms in total. The molecule has 0 aliphatic carbocycles. The van der Waals surface area contributed by atoms with Crippen molar-refractivity contribution in [3.63, 3.8) is 0 Å². The highest BCUT2D eigenvalue weighted by Crippen LogP contribution is 2.20. The summed E-state index contributed by atoms with van der Waals surface area (Å²) in [4.78, 5) is 11.6. The lowest BCUT2D eigenvalue weighted by Gasteiger charge is -2.16. The van der Waals surface area contributed by atoms with E-state index in [1.165, 1.54) is 5.56 Å². The number of esters is 1. The summed E-state index contributed by atoms with van der Waals surface area (Å²) in [6.07, 6.45) is 1.43. The van der Waals surface area contributed by atoms with Gasteiger partial charge in [-0.1, -0.05) is 39.8 Å². The average molecular weight is 220 g/mol. The molecule has 0 unspecified atom stereocenters. The standard InChI is InChI=1S/C14H20O2/c1-5-11-6-8-12(9-7-11)16-13(15)10-14(2,3)4/h6-9H,5,10H2,1-4H3. The largest absolute Gasteiger partial charge is 0.427 e. The van der Waals surface area contributed by atoms with E-state index >= 15 is 0 Å². The SMILES string of the molecule is CCc1ccc(OC(=O)CC(C)(C)C)cc1. The molecular formula is C14H20O2. The summed E-state index contributed by atoms with van der Waals surface area (Å²) in [6, 6.07) is 7.66. The maximum atomic E-state index is 11.6. The van der Waals surface area contributed by atoms with Gasteiger partial charge in [0.25, 0.3) is 0 Å². The lowest BCUT2D eigenvalue weighted by Crippen LogP contribution is -2.17. The van der Waals surface area contributed by atoms with Gasteiger partial charge in [-0.3, -0.25) is 4.79 Å². The molecule has 0 aromatic heterocycles. The maximum Gasteiger partial charge on any atom is 0.311 e. The summed E-state index contributed by atoms with van der Waals surface area (Å²) in [5.74, 6) is 0.461. The summed E-state index contributed by atoms with van der Waals surface area (Å²) < 4.78 is 5.25. The van der Waals surface area contributed by atoms with Crippen LogP contribution in [0.15, 0.2) is 24.3 Å². The van der Waals surface area contributed by atoms with E-state index in [-0.39, 0.29) is 11.4 Å². The van der Waals surface area contributed by atoms with Gasteiger partial charge in [0.15, 0.2) is 0 Å². The molecule has 0 radical (unpaired) electrons. The smallest absolute Gasteiger partial charge is 0.311 e. The topological polar surface area (TPSA) is 26.3 Å². The van der Waals surface area contributed by atoms with Crippen molar-refractivity contribution >= 4 is 5.97 Å². The Balaban J connectivity index is 2.56. The number of carbonyl (C=O) groups excluding carboxylic acids is 1. The van der Waals surface area contributed by atoms with Crippen LogP contribution in [0, 0.1) is 5.41 Å². The Labute approximate surface area is 97.6 Å². The van der Waals surface area contributed by atoms with Gasteiger partial charge in [0.05, 0.1) is 6.42 Å². The first-order chi connectivity index (χ1) is 7.40. The fraction of sp³-hybridized carbons (Fsp3) is 0.500. The second-order valence-corrected chi connectivity index (χ2v) is 5.21. The van der Waals surface area contributed by atoms with Gasteiger partial charge in [-0.05, 0) is 29.5 Å². The van der Waals surface area contributed by atoms with E-state index in [2.05, 4.69) is 6.92 Å². The van der Waals surface area contributed by atoms with Crippen molar-refractivity contribution in [3.8, 4) is 5.75 Å². The molecule has 2 heteroatoms. The van der Waals surface area contributed by atoms with Crippen LogP contribution in [0.3, 0.4) is 0 Å². The van der Waals surface area contributed by atoms with Crippen LogP contribution in [0.25, 0.3) is 0 Å². The zero-order valence-electron chi connectivity index (χ0n) is 10.5. The monoisotopic (exact) mass is 220 g/mol. The molecule has 1 rings (SSSR count). The lowest BCUT2D eigenvalue weighted by molar-refractivity contribution is -0.136. The molecule has 0 fully saturated rings. The molecule has 16 heavy (non-hydrogen) atoms. The predicted octanol–water partition coefficient (Wildman–Crippen LogP) is 3.59. The van der Waals surface area contributed by atoms with Crippen molar-refractivity contribution in [1.29, 1.82) is 0 Å². The Bertz CT molecular complexity index is 344. The second kappa shape index (κ2) is 5.15. The minimum atomic E-state index is -0.170. The van der Waals surface area contributed by atoms with Crippen molar-refractivity contribution in [3.05, 3.63) is 29.8 Å². The first kappa shape index (κ1) is 12.8. The molecule has 0 spiro atoms. The summed E-state index contributed by atoms with van der Waals surface area (Å²) in [5, 5.41) is 0. The van der Waals surface area contributed by atoms with Crippen molar-refractivity contribution < 1.29 is 9.53 Å². The summed E-state index contributed by atoms with van der Waals surface area (Å²) >= 11 is 0. The number of hydrogen-bond acceptors (Lipinski definition) is 2. The van der Waals surface area contributed by atoms with E-state index in [0.717, 1.165) is 6.42 Å². The number of aryl methyl sites for hydroxylation is 1. The van der Waals surface area contributed by atoms with Crippen LogP contribution in [0.1, 0.15) is 39.7 Å². The van der Waals surface area contributed by atoms with Crippen molar-refractivity contribution in [2.24, 2.45) is 5.41 Å². The third kappa shape index (κ3) is 4.47. The molecule has 0 N–H and O–H groups in total. The summed E-state index contributed by atoms with van der Waals surface area (Å²) in [6.45, 7) is 8.16. The Morgan fingerprint density at radius 3 is 2.19 bits per heavy atom. The first-order valence-electron chi connectivity index (χ1n) is 5.70. The lowest BCUT2D eigenvalue weighted by atomic mass is 9.92. The highest BCUT2D eigenvalue weighted by Gasteiger charge is 2.17. The highest BCUT2D eigenvalue weighted by atomic mass is 16.5. The average Bonchev–Trinajstić information content (AvgIpc) is 2.16. The minimum Gasteiger partial charge on any atom is -0.427 e. The van der Waals surface area contributed by atoms with Crippen LogP contribution < -0.4 is 4.74 Å². The Morgan fingerprint density at radius 2 is 1.75 bits per heavy atom. The highest BCUT2D eigenvalue weighted by molar-refractivity contribution is 5.73. The molecule has 88 valence electrons. The zero-order valence-corrected chi connectivity index (χ0v) is 10.5. The van der Waals surface area contributed by atoms with Crippen LogP contribution in [0.5, 0.6) is 5.75 Å². The summed E-state index contributed by atoms with van der Waals surface area (Å²) in [7, 11) is 0. The van der Waals surface area contributed by atoms with Gasteiger partial charge in [0.1, 0.15) is 5.75 Å². The number of hydrogen-bond donors (Lipinski definition) is 0. The van der Waals surface area contributed by atoms with Crippen LogP contribution in [0.2, 0.25) is 0 Å². The van der Waals surface area contributed by atoms with E-state index in [4.69, 9.17) is 4.74 Å². The van der Waals surface area contributed by atoms with E-state index in [9.17, 15) is 4.79 Å². The van der Waals surface area contributed by atoms with Crippen molar-refractivity contribution in [1.82, 2.24) is 0 Å². The normalized spacial score (nSPS) is 11.2. The van der Waals surface area contributed by atoms with Gasteiger partial charge >= 0.3 is 5.97 Å². The second-order valence-electron chi connectivity index (χ2n) is 5.21. The van der Waals surface area contributed by atoms with Crippen molar-refractivity contribution in [2.45, 2.75) is 40.5 Å². The molecule has 1 aromatic carbocycles. The molecule has 0 atom stereocenters. The van der Waals surface area contributed by atoms with Gasteiger partial charge in [-0.2, -0.15) is 0 Å². The third-order valence-electron chi connectivity index (χ3n) is 2.24. The van der Waals surface area contributed by atoms with E-state index in [1.54, 1.807) is 0 Å². The van der Waals surface area contributed by atoms with Crippen LogP contribution in [-0.2, 0) is 11.2 Å². The Kier molecular flexibility index (Phi) is 4.11. The maximum absolute atomic E-state index is 11.6. The summed E-state index contributed by atoms with van der Waals surface area (Å²) in [5.41, 5.74) is 1.22. The molecule has 0 amide bonds. The number of carbonyl (C=O) groups is 1. The molecule has 0 bridgehead atoms. The molecule has 0 heterocycles. The zero-order chi connectivity index (χ0) is 12.2. The molecule has 0 saturated heterocycles. The molecule has 1 aromatic rings. The molecule has 0 saturated carbocycles. The van der Waals surface area contributed by atoms with Crippen molar-refractivity contribution in [2.75, 3.05) is 0 Å². The quantitative estimate of drug-likeness (QED) is 0.574. The van der Waals surface area contributed by atoms with E-state index in [1.807, 2.05) is 45.0 Å². The van der Waals surface area contributed by atoms with Gasteiger partial charge < -0.3 is 4.74 Å². The minimum absolute atomic E-state index is 0.0273. The third-order valence-corrected chi connectivity index (χ3v) is 2.24. The van der Waals surface area contributed by atoms with Crippen LogP contribution in [0.4, 0.5) is 0 Å². The molecule has 0 aliphatic rings. The van der Waals surface area contributed by atoms with Crippen LogP contribution in [-0.4, -0.2) is 5.97 Å². The van der Waals surface area contributed by atoms with Gasteiger partial charge in [0.2, 0.25) is 0 Å².